The van der Waals surface area contributed by atoms with Crippen molar-refractivity contribution < 1.29 is 9.53 Å². The summed E-state index contributed by atoms with van der Waals surface area (Å²) in [5, 5.41) is 7.07. The van der Waals surface area contributed by atoms with Gasteiger partial charge < -0.3 is 10.1 Å². The highest BCUT2D eigenvalue weighted by molar-refractivity contribution is 5.96. The number of hydrogen-bond donors (Lipinski definition) is 1. The number of nitrogens with zero attached hydrogens (tertiary/aromatic N) is 2. The van der Waals surface area contributed by atoms with E-state index < -0.39 is 0 Å². The van der Waals surface area contributed by atoms with Crippen molar-refractivity contribution in [1.82, 2.24) is 15.1 Å². The van der Waals surface area contributed by atoms with Crippen molar-refractivity contribution >= 4 is 5.91 Å². The smallest absolute Gasteiger partial charge is 0.255 e. The van der Waals surface area contributed by atoms with Gasteiger partial charge in [0.15, 0.2) is 0 Å². The van der Waals surface area contributed by atoms with Gasteiger partial charge in [0.05, 0.1) is 24.4 Å². The quantitative estimate of drug-likeness (QED) is 0.878. The average molecular weight is 273 g/mol. The Morgan fingerprint density at radius 3 is 2.85 bits per heavy atom. The van der Waals surface area contributed by atoms with Gasteiger partial charge in [0.2, 0.25) is 0 Å². The maximum Gasteiger partial charge on any atom is 0.255 e. The van der Waals surface area contributed by atoms with Crippen LogP contribution in [0.15, 0.2) is 36.5 Å². The number of benzene rings is 1. The number of nitrogens with one attached hydrogen (secondary N) is 1. The lowest BCUT2D eigenvalue weighted by atomic mass is 10.2. The van der Waals surface area contributed by atoms with Gasteiger partial charge in [-0.1, -0.05) is 12.1 Å². The van der Waals surface area contributed by atoms with E-state index in [1.165, 1.54) is 0 Å². The molecule has 0 unspecified atom stereocenters. The summed E-state index contributed by atoms with van der Waals surface area (Å²) in [5.74, 6) is 0.467. The summed E-state index contributed by atoms with van der Waals surface area (Å²) in [6.07, 6.45) is 1.74. The molecule has 1 aromatic carbocycles. The lowest BCUT2D eigenvalue weighted by Crippen LogP contribution is -2.25. The molecule has 1 heterocycles. The Labute approximate surface area is 118 Å². The number of rotatable bonds is 6. The molecule has 0 aliphatic rings. The molecule has 2 aromatic rings. The van der Waals surface area contributed by atoms with E-state index in [1.54, 1.807) is 18.3 Å². The van der Waals surface area contributed by atoms with Gasteiger partial charge in [-0.3, -0.25) is 9.48 Å². The summed E-state index contributed by atoms with van der Waals surface area (Å²) in [7, 11) is 0. The third-order valence-electron chi connectivity index (χ3n) is 2.97. The van der Waals surface area contributed by atoms with E-state index in [1.807, 2.05) is 36.7 Å². The number of hydrogen-bond acceptors (Lipinski definition) is 3. The zero-order valence-corrected chi connectivity index (χ0v) is 11.8. The van der Waals surface area contributed by atoms with Crippen LogP contribution in [0.25, 0.3) is 0 Å². The molecule has 0 bridgehead atoms. The van der Waals surface area contributed by atoms with Gasteiger partial charge in [-0.25, -0.2) is 0 Å². The summed E-state index contributed by atoms with van der Waals surface area (Å²) < 4.78 is 7.32. The molecule has 0 radical (unpaired) electrons. The van der Waals surface area contributed by atoms with Gasteiger partial charge in [0.1, 0.15) is 5.75 Å². The van der Waals surface area contributed by atoms with Crippen LogP contribution in [0.4, 0.5) is 0 Å². The topological polar surface area (TPSA) is 56.1 Å². The molecule has 2 rings (SSSR count). The molecule has 0 aliphatic carbocycles. The molecule has 1 aromatic heterocycles. The van der Waals surface area contributed by atoms with Gasteiger partial charge >= 0.3 is 0 Å². The summed E-state index contributed by atoms with van der Waals surface area (Å²) >= 11 is 0. The van der Waals surface area contributed by atoms with Crippen molar-refractivity contribution in [3.8, 4) is 5.75 Å². The van der Waals surface area contributed by atoms with E-state index in [-0.39, 0.29) is 5.91 Å². The van der Waals surface area contributed by atoms with Crippen molar-refractivity contribution in [1.29, 1.82) is 0 Å². The Hall–Kier alpha value is -2.30. The Bertz CT molecular complexity index is 578. The molecule has 0 saturated carbocycles. The van der Waals surface area contributed by atoms with Gasteiger partial charge in [-0.15, -0.1) is 0 Å². The van der Waals surface area contributed by atoms with Crippen LogP contribution in [0.1, 0.15) is 29.9 Å². The number of aryl methyl sites for hydroxylation is 1. The maximum atomic E-state index is 12.2. The summed E-state index contributed by atoms with van der Waals surface area (Å²) in [4.78, 5) is 12.2. The summed E-state index contributed by atoms with van der Waals surface area (Å²) in [6, 6.07) is 9.14. The van der Waals surface area contributed by atoms with E-state index in [2.05, 4.69) is 10.4 Å². The molecule has 106 valence electrons. The number of ether oxygens (including phenoxy) is 1. The third kappa shape index (κ3) is 3.17. The number of carbonyl (C=O) groups excluding carboxylic acids is 1. The number of carbonyl (C=O) groups is 1. The van der Waals surface area contributed by atoms with Crippen LogP contribution in [0.2, 0.25) is 0 Å². The fourth-order valence-electron chi connectivity index (χ4n) is 2.00. The predicted octanol–water partition coefficient (Wildman–Crippen LogP) is 2.23. The number of amides is 1. The van der Waals surface area contributed by atoms with Crippen LogP contribution < -0.4 is 10.1 Å². The Kier molecular flexibility index (Phi) is 4.76. The molecule has 0 aliphatic heterocycles. The largest absolute Gasteiger partial charge is 0.493 e. The first kappa shape index (κ1) is 14.1. The normalized spacial score (nSPS) is 10.3. The highest BCUT2D eigenvalue weighted by Gasteiger charge is 2.12. The van der Waals surface area contributed by atoms with E-state index in [4.69, 9.17) is 4.74 Å². The van der Waals surface area contributed by atoms with E-state index in [9.17, 15) is 4.79 Å². The minimum atomic E-state index is -0.141. The van der Waals surface area contributed by atoms with Crippen molar-refractivity contribution in [3.63, 3.8) is 0 Å². The van der Waals surface area contributed by atoms with Gasteiger partial charge in [-0.2, -0.15) is 5.10 Å². The molecule has 20 heavy (non-hydrogen) atoms. The molecule has 0 spiro atoms. The first-order valence-corrected chi connectivity index (χ1v) is 6.77. The first-order chi connectivity index (χ1) is 9.76. The van der Waals surface area contributed by atoms with Crippen LogP contribution in [-0.4, -0.2) is 22.3 Å². The Balaban J connectivity index is 2.05. The lowest BCUT2D eigenvalue weighted by Gasteiger charge is -2.11. The van der Waals surface area contributed by atoms with E-state index >= 15 is 0 Å². The fraction of sp³-hybridized carbons (Fsp3) is 0.333. The summed E-state index contributed by atoms with van der Waals surface area (Å²) in [6.45, 7) is 5.69. The van der Waals surface area contributed by atoms with Gasteiger partial charge in [-0.05, 0) is 32.0 Å². The number of para-hydroxylation sites is 1. The zero-order chi connectivity index (χ0) is 14.4. The second-order valence-corrected chi connectivity index (χ2v) is 4.25. The maximum absolute atomic E-state index is 12.2. The van der Waals surface area contributed by atoms with E-state index in [0.717, 1.165) is 12.2 Å². The van der Waals surface area contributed by atoms with Crippen molar-refractivity contribution in [2.75, 3.05) is 6.61 Å². The minimum absolute atomic E-state index is 0.141. The molecule has 1 N–H and O–H groups in total. The minimum Gasteiger partial charge on any atom is -0.493 e. The highest BCUT2D eigenvalue weighted by atomic mass is 16.5. The van der Waals surface area contributed by atoms with Crippen molar-refractivity contribution in [3.05, 3.63) is 47.8 Å². The second-order valence-electron chi connectivity index (χ2n) is 4.25. The van der Waals surface area contributed by atoms with Gasteiger partial charge in [0.25, 0.3) is 5.91 Å². The Morgan fingerprint density at radius 2 is 2.10 bits per heavy atom. The third-order valence-corrected chi connectivity index (χ3v) is 2.97. The fourth-order valence-corrected chi connectivity index (χ4v) is 2.00. The molecule has 5 nitrogen and oxygen atoms in total. The molecular weight excluding hydrogens is 254 g/mol. The molecule has 0 saturated heterocycles. The average Bonchev–Trinajstić information content (AvgIpc) is 2.93. The van der Waals surface area contributed by atoms with Crippen LogP contribution in [0, 0.1) is 0 Å². The molecule has 0 atom stereocenters. The number of aromatic nitrogens is 2. The molecular formula is C15H19N3O2. The highest BCUT2D eigenvalue weighted by Crippen LogP contribution is 2.17. The lowest BCUT2D eigenvalue weighted by molar-refractivity contribution is 0.0946. The standard InChI is InChI=1S/C15H19N3O2/c1-3-18-12(9-10-17-18)11-16-15(19)13-7-5-6-8-14(13)20-4-2/h5-10H,3-4,11H2,1-2H3,(H,16,19). The van der Waals surface area contributed by atoms with Crippen molar-refractivity contribution in [2.45, 2.75) is 26.9 Å². The van der Waals surface area contributed by atoms with Crippen LogP contribution in [0.3, 0.4) is 0 Å². The molecule has 1 amide bonds. The summed E-state index contributed by atoms with van der Waals surface area (Å²) in [5.41, 5.74) is 1.53. The zero-order valence-electron chi connectivity index (χ0n) is 11.8. The second kappa shape index (κ2) is 6.75. The van der Waals surface area contributed by atoms with Crippen molar-refractivity contribution in [2.24, 2.45) is 0 Å². The Morgan fingerprint density at radius 1 is 1.30 bits per heavy atom. The van der Waals surface area contributed by atoms with Gasteiger partial charge in [0, 0.05) is 12.7 Å². The van der Waals surface area contributed by atoms with Crippen LogP contribution in [0.5, 0.6) is 5.75 Å². The van der Waals surface area contributed by atoms with E-state index in [0.29, 0.717) is 24.5 Å². The first-order valence-electron chi connectivity index (χ1n) is 6.77. The van der Waals surface area contributed by atoms with Crippen LogP contribution in [-0.2, 0) is 13.1 Å². The monoisotopic (exact) mass is 273 g/mol. The van der Waals surface area contributed by atoms with Crippen LogP contribution >= 0.6 is 0 Å². The SMILES string of the molecule is CCOc1ccccc1C(=O)NCc1ccnn1CC. The predicted molar refractivity (Wildman–Crippen MR) is 76.7 cm³/mol. The molecule has 0 fully saturated rings. The molecule has 5 heteroatoms.